The lowest BCUT2D eigenvalue weighted by Gasteiger charge is -2.32. The topological polar surface area (TPSA) is 112 Å². The number of urea groups is 1. The third kappa shape index (κ3) is 4.80. The molecule has 2 amide bonds. The summed E-state index contributed by atoms with van der Waals surface area (Å²) in [7, 11) is -4.65. The Balaban J connectivity index is 1.54. The van der Waals surface area contributed by atoms with Crippen LogP contribution in [0.2, 0.25) is 0 Å². The molecule has 1 aliphatic carbocycles. The lowest BCUT2D eigenvalue weighted by atomic mass is 9.78. The summed E-state index contributed by atoms with van der Waals surface area (Å²) in [5.74, 6) is 0.341. The zero-order valence-corrected chi connectivity index (χ0v) is 20.7. The summed E-state index contributed by atoms with van der Waals surface area (Å²) in [4.78, 5) is 12.6. The van der Waals surface area contributed by atoms with Gasteiger partial charge in [-0.2, -0.15) is 5.10 Å². The maximum Gasteiger partial charge on any atom is 0.494 e. The molecule has 4 rings (SSSR count). The molecule has 1 saturated carbocycles. The molecular weight excluding hydrogens is 443 g/mol. The zero-order valence-electron chi connectivity index (χ0n) is 19.9. The lowest BCUT2D eigenvalue weighted by Crippen LogP contribution is -2.41. The van der Waals surface area contributed by atoms with Gasteiger partial charge in [-0.3, -0.25) is 4.68 Å². The fraction of sp³-hybridized carbons (Fsp3) is 0.545. The van der Waals surface area contributed by atoms with E-state index in [1.54, 1.807) is 6.07 Å². The van der Waals surface area contributed by atoms with Crippen LogP contribution in [0.25, 0.3) is 0 Å². The summed E-state index contributed by atoms with van der Waals surface area (Å²) in [5, 5.41) is 6.76. The molecule has 1 aromatic heterocycles. The number of nitrogens with one attached hydrogen (secondary N) is 2. The normalized spacial score (nSPS) is 19.7. The van der Waals surface area contributed by atoms with E-state index in [-0.39, 0.29) is 10.9 Å². The quantitative estimate of drug-likeness (QED) is 0.623. The van der Waals surface area contributed by atoms with E-state index in [9.17, 15) is 13.2 Å². The first-order valence-electron chi connectivity index (χ1n) is 11.2. The Morgan fingerprint density at radius 2 is 1.82 bits per heavy atom. The number of amides is 2. The first kappa shape index (κ1) is 23.8. The van der Waals surface area contributed by atoms with E-state index in [1.807, 2.05) is 53.7 Å². The Morgan fingerprint density at radius 3 is 2.36 bits per heavy atom. The predicted octanol–water partition coefficient (Wildman–Crippen LogP) is 3.15. The maximum absolute atomic E-state index is 12.7. The van der Waals surface area contributed by atoms with Gasteiger partial charge in [0.2, 0.25) is 0 Å². The van der Waals surface area contributed by atoms with Crippen molar-refractivity contribution in [3.05, 3.63) is 36.2 Å². The largest absolute Gasteiger partial charge is 0.494 e. The zero-order chi connectivity index (χ0) is 24.2. The molecule has 2 aliphatic rings. The van der Waals surface area contributed by atoms with Crippen LogP contribution < -0.4 is 15.5 Å². The van der Waals surface area contributed by atoms with Crippen molar-refractivity contribution in [3.63, 3.8) is 0 Å². The number of carbonyl (C=O) groups is 1. The molecule has 0 atom stereocenters. The van der Waals surface area contributed by atoms with Gasteiger partial charge < -0.3 is 14.6 Å². The second-order valence-electron chi connectivity index (χ2n) is 10.0. The van der Waals surface area contributed by atoms with Crippen LogP contribution >= 0.6 is 0 Å². The molecule has 1 aromatic carbocycles. The highest BCUT2D eigenvalue weighted by Gasteiger charge is 2.51. The van der Waals surface area contributed by atoms with Gasteiger partial charge in [0.15, 0.2) is 0 Å². The fourth-order valence-electron chi connectivity index (χ4n) is 3.63. The summed E-state index contributed by atoms with van der Waals surface area (Å²) in [6.45, 7) is 11.7. The van der Waals surface area contributed by atoms with Crippen molar-refractivity contribution in [1.82, 2.24) is 14.5 Å². The second-order valence-corrected chi connectivity index (χ2v) is 11.7. The second kappa shape index (κ2) is 8.14. The SMILES string of the molecule is CC(C)n1cc(S(=O)(=O)NC(=O)Nc2cc(B3OC(C)(C)C(C)(C)O3)ccc2C2CC2)cn1. The van der Waals surface area contributed by atoms with Gasteiger partial charge in [-0.15, -0.1) is 0 Å². The van der Waals surface area contributed by atoms with Gasteiger partial charge in [-0.25, -0.2) is 17.9 Å². The summed E-state index contributed by atoms with van der Waals surface area (Å²) < 4.78 is 41.2. The van der Waals surface area contributed by atoms with E-state index in [0.29, 0.717) is 11.6 Å². The van der Waals surface area contributed by atoms with Crippen LogP contribution in [-0.4, -0.2) is 42.5 Å². The van der Waals surface area contributed by atoms with Crippen LogP contribution in [-0.2, 0) is 19.3 Å². The van der Waals surface area contributed by atoms with E-state index in [4.69, 9.17) is 9.31 Å². The minimum atomic E-state index is -4.06. The number of nitrogens with zero attached hydrogens (tertiary/aromatic N) is 2. The van der Waals surface area contributed by atoms with Crippen LogP contribution in [0, 0.1) is 0 Å². The van der Waals surface area contributed by atoms with Crippen molar-refractivity contribution < 1.29 is 22.5 Å². The molecule has 0 spiro atoms. The van der Waals surface area contributed by atoms with E-state index in [1.165, 1.54) is 17.1 Å². The molecule has 2 aromatic rings. The molecule has 2 N–H and O–H groups in total. The van der Waals surface area contributed by atoms with E-state index >= 15 is 0 Å². The Morgan fingerprint density at radius 1 is 1.18 bits per heavy atom. The molecule has 178 valence electrons. The van der Waals surface area contributed by atoms with E-state index in [0.717, 1.165) is 23.9 Å². The van der Waals surface area contributed by atoms with Crippen molar-refractivity contribution in [1.29, 1.82) is 0 Å². The molecule has 0 unspecified atom stereocenters. The molecule has 0 radical (unpaired) electrons. The van der Waals surface area contributed by atoms with E-state index in [2.05, 4.69) is 15.1 Å². The third-order valence-corrected chi connectivity index (χ3v) is 7.80. The highest BCUT2D eigenvalue weighted by atomic mass is 32.2. The van der Waals surface area contributed by atoms with Crippen molar-refractivity contribution in [2.24, 2.45) is 0 Å². The number of carbonyl (C=O) groups excluding carboxylic acids is 1. The van der Waals surface area contributed by atoms with Gasteiger partial charge in [0.1, 0.15) is 4.90 Å². The van der Waals surface area contributed by atoms with Gasteiger partial charge >= 0.3 is 13.1 Å². The minimum absolute atomic E-state index is 0.00148. The third-order valence-electron chi connectivity index (χ3n) is 6.51. The lowest BCUT2D eigenvalue weighted by molar-refractivity contribution is 0.00578. The van der Waals surface area contributed by atoms with Gasteiger partial charge in [0, 0.05) is 17.9 Å². The molecule has 0 bridgehead atoms. The van der Waals surface area contributed by atoms with Gasteiger partial charge in [0.05, 0.1) is 17.4 Å². The number of benzene rings is 1. The number of hydrogen-bond donors (Lipinski definition) is 2. The molecule has 1 aliphatic heterocycles. The van der Waals surface area contributed by atoms with Gasteiger partial charge in [-0.1, -0.05) is 12.1 Å². The molecular formula is C22H31BN4O5S. The summed E-state index contributed by atoms with van der Waals surface area (Å²) in [5.41, 5.74) is 1.29. The number of aromatic nitrogens is 2. The maximum atomic E-state index is 12.7. The van der Waals surface area contributed by atoms with Crippen molar-refractivity contribution in [2.45, 2.75) is 82.4 Å². The molecule has 2 fully saturated rings. The molecule has 11 heteroatoms. The summed E-state index contributed by atoms with van der Waals surface area (Å²) in [6, 6.07) is 4.87. The number of hydrogen-bond acceptors (Lipinski definition) is 6. The van der Waals surface area contributed by atoms with Crippen LogP contribution in [0.1, 0.15) is 71.9 Å². The van der Waals surface area contributed by atoms with Crippen molar-refractivity contribution in [3.8, 4) is 0 Å². The van der Waals surface area contributed by atoms with Crippen molar-refractivity contribution >= 4 is 34.3 Å². The predicted molar refractivity (Wildman–Crippen MR) is 126 cm³/mol. The minimum Gasteiger partial charge on any atom is -0.399 e. The Bertz CT molecular complexity index is 1160. The highest BCUT2D eigenvalue weighted by Crippen LogP contribution is 2.43. The molecule has 1 saturated heterocycles. The van der Waals surface area contributed by atoms with Crippen LogP contribution in [0.4, 0.5) is 10.5 Å². The number of anilines is 1. The molecule has 33 heavy (non-hydrogen) atoms. The van der Waals surface area contributed by atoms with Crippen LogP contribution in [0.3, 0.4) is 0 Å². The number of sulfonamides is 1. The van der Waals surface area contributed by atoms with Crippen LogP contribution in [0.15, 0.2) is 35.5 Å². The van der Waals surface area contributed by atoms with Gasteiger partial charge in [0.25, 0.3) is 10.0 Å². The fourth-order valence-corrected chi connectivity index (χ4v) is 4.47. The first-order valence-corrected chi connectivity index (χ1v) is 12.6. The monoisotopic (exact) mass is 474 g/mol. The summed E-state index contributed by atoms with van der Waals surface area (Å²) in [6.07, 6.45) is 4.68. The first-order chi connectivity index (χ1) is 15.3. The average Bonchev–Trinajstić information content (AvgIpc) is 3.34. The summed E-state index contributed by atoms with van der Waals surface area (Å²) >= 11 is 0. The molecule has 9 nitrogen and oxygen atoms in total. The standard InChI is InChI=1S/C22H31BN4O5S/c1-14(2)27-13-17(12-24-27)33(29,30)26-20(28)25-19-11-16(9-10-18(19)15-7-8-15)23-31-21(3,4)22(5,6)32-23/h9-15H,7-8H2,1-6H3,(H2,25,26,28). The Kier molecular flexibility index (Phi) is 5.87. The highest BCUT2D eigenvalue weighted by molar-refractivity contribution is 7.90. The smallest absolute Gasteiger partial charge is 0.399 e. The van der Waals surface area contributed by atoms with Crippen molar-refractivity contribution in [2.75, 3.05) is 5.32 Å². The van der Waals surface area contributed by atoms with E-state index < -0.39 is 34.4 Å². The van der Waals surface area contributed by atoms with Crippen LogP contribution in [0.5, 0.6) is 0 Å². The molecule has 2 heterocycles. The Labute approximate surface area is 195 Å². The Hall–Kier alpha value is -2.37. The average molecular weight is 474 g/mol. The number of rotatable bonds is 6. The van der Waals surface area contributed by atoms with Gasteiger partial charge in [-0.05, 0) is 77.4 Å².